The highest BCUT2D eigenvalue weighted by atomic mass is 35.5. The van der Waals surface area contributed by atoms with Gasteiger partial charge in [-0.15, -0.1) is 0 Å². The third-order valence-electron chi connectivity index (χ3n) is 4.10. The van der Waals surface area contributed by atoms with Gasteiger partial charge in [-0.05, 0) is 56.7 Å². The molecule has 166 valence electrons. The molecule has 0 saturated carbocycles. The lowest BCUT2D eigenvalue weighted by Crippen LogP contribution is -2.38. The van der Waals surface area contributed by atoms with E-state index in [4.69, 9.17) is 23.2 Å². The Kier molecular flexibility index (Phi) is 9.15. The molecule has 0 fully saturated rings. The minimum Gasteiger partial charge on any atom is -0.336 e. The molecule has 0 aliphatic heterocycles. The van der Waals surface area contributed by atoms with E-state index in [1.165, 1.54) is 4.90 Å². The summed E-state index contributed by atoms with van der Waals surface area (Å²) in [5.74, 6) is -0.710. The summed E-state index contributed by atoms with van der Waals surface area (Å²) < 4.78 is 0. The van der Waals surface area contributed by atoms with Crippen LogP contribution < -0.4 is 16.0 Å². The van der Waals surface area contributed by atoms with Crippen molar-refractivity contribution in [3.8, 4) is 0 Å². The second kappa shape index (κ2) is 11.6. The number of nitrogens with zero attached hydrogens (tertiary/aromatic N) is 1. The van der Waals surface area contributed by atoms with Crippen molar-refractivity contribution >= 4 is 52.4 Å². The summed E-state index contributed by atoms with van der Waals surface area (Å²) in [6, 6.07) is 11.0. The zero-order valence-corrected chi connectivity index (χ0v) is 19.2. The Hall–Kier alpha value is -2.77. The van der Waals surface area contributed by atoms with Gasteiger partial charge >= 0.3 is 6.03 Å². The van der Waals surface area contributed by atoms with Crippen LogP contribution in [0, 0.1) is 0 Å². The number of benzene rings is 2. The van der Waals surface area contributed by atoms with E-state index in [1.54, 1.807) is 42.5 Å². The van der Waals surface area contributed by atoms with E-state index in [2.05, 4.69) is 16.0 Å². The van der Waals surface area contributed by atoms with Crippen molar-refractivity contribution in [1.29, 1.82) is 0 Å². The molecule has 0 atom stereocenters. The second-order valence-electron chi connectivity index (χ2n) is 7.23. The van der Waals surface area contributed by atoms with Gasteiger partial charge in [0, 0.05) is 28.9 Å². The minimum atomic E-state index is -0.392. The minimum absolute atomic E-state index is 0.0172. The van der Waals surface area contributed by atoms with Crippen LogP contribution in [0.4, 0.5) is 16.2 Å². The van der Waals surface area contributed by atoms with Crippen molar-refractivity contribution < 1.29 is 14.4 Å². The number of hydrogen-bond donors (Lipinski definition) is 3. The maximum Gasteiger partial charge on any atom is 0.319 e. The molecule has 0 aromatic heterocycles. The van der Waals surface area contributed by atoms with Crippen LogP contribution >= 0.6 is 23.2 Å². The van der Waals surface area contributed by atoms with Gasteiger partial charge in [-0.25, -0.2) is 4.79 Å². The molecule has 0 aliphatic rings. The molecule has 0 heterocycles. The van der Waals surface area contributed by atoms with E-state index >= 15 is 0 Å². The van der Waals surface area contributed by atoms with Crippen LogP contribution in [0.3, 0.4) is 0 Å². The fourth-order valence-corrected chi connectivity index (χ4v) is 3.16. The summed E-state index contributed by atoms with van der Waals surface area (Å²) in [5.41, 5.74) is 1.23. The normalized spacial score (nSPS) is 10.5. The van der Waals surface area contributed by atoms with Gasteiger partial charge in [0.25, 0.3) is 5.91 Å². The highest BCUT2D eigenvalue weighted by Gasteiger charge is 2.19. The van der Waals surface area contributed by atoms with Crippen LogP contribution in [0.5, 0.6) is 0 Å². The first-order valence-electron chi connectivity index (χ1n) is 9.91. The third kappa shape index (κ3) is 7.77. The maximum atomic E-state index is 13.0. The number of anilines is 2. The molecule has 2 aromatic carbocycles. The molecular formula is C22H26Cl2N4O3. The first-order chi connectivity index (χ1) is 14.7. The van der Waals surface area contributed by atoms with Crippen molar-refractivity contribution in [2.24, 2.45) is 0 Å². The van der Waals surface area contributed by atoms with Crippen molar-refractivity contribution in [3.05, 3.63) is 58.1 Å². The first-order valence-corrected chi connectivity index (χ1v) is 10.7. The van der Waals surface area contributed by atoms with Gasteiger partial charge in [0.15, 0.2) is 0 Å². The van der Waals surface area contributed by atoms with E-state index < -0.39 is 5.91 Å². The fourth-order valence-electron chi connectivity index (χ4n) is 2.82. The molecular weight excluding hydrogens is 439 g/mol. The fraction of sp³-hybridized carbons (Fsp3) is 0.318. The van der Waals surface area contributed by atoms with Crippen LogP contribution in [0.25, 0.3) is 0 Å². The molecule has 2 rings (SSSR count). The molecule has 9 heteroatoms. The van der Waals surface area contributed by atoms with Gasteiger partial charge in [0.2, 0.25) is 5.91 Å². The highest BCUT2D eigenvalue weighted by Crippen LogP contribution is 2.25. The smallest absolute Gasteiger partial charge is 0.319 e. The predicted molar refractivity (Wildman–Crippen MR) is 125 cm³/mol. The van der Waals surface area contributed by atoms with Crippen LogP contribution in [-0.4, -0.2) is 41.9 Å². The second-order valence-corrected chi connectivity index (χ2v) is 8.08. The summed E-state index contributed by atoms with van der Waals surface area (Å²) >= 11 is 12.0. The van der Waals surface area contributed by atoms with Crippen molar-refractivity contribution in [3.63, 3.8) is 0 Å². The average Bonchev–Trinajstić information content (AvgIpc) is 2.69. The van der Waals surface area contributed by atoms with Crippen LogP contribution in [0.1, 0.15) is 37.6 Å². The molecule has 0 spiro atoms. The average molecular weight is 465 g/mol. The zero-order chi connectivity index (χ0) is 23.0. The number of urea groups is 1. The van der Waals surface area contributed by atoms with Gasteiger partial charge in [0.1, 0.15) is 6.54 Å². The zero-order valence-electron chi connectivity index (χ0n) is 17.7. The molecule has 0 radical (unpaired) electrons. The summed E-state index contributed by atoms with van der Waals surface area (Å²) in [7, 11) is 0. The summed E-state index contributed by atoms with van der Waals surface area (Å²) in [6.45, 7) is 5.86. The number of halogens is 2. The van der Waals surface area contributed by atoms with Crippen molar-refractivity contribution in [2.45, 2.75) is 33.2 Å². The molecule has 31 heavy (non-hydrogen) atoms. The lowest BCUT2D eigenvalue weighted by atomic mass is 10.1. The number of amides is 4. The Bertz CT molecular complexity index is 950. The van der Waals surface area contributed by atoms with E-state index in [-0.39, 0.29) is 24.5 Å². The largest absolute Gasteiger partial charge is 0.336 e. The van der Waals surface area contributed by atoms with Crippen LogP contribution in [-0.2, 0) is 4.79 Å². The van der Waals surface area contributed by atoms with Crippen molar-refractivity contribution in [1.82, 2.24) is 10.2 Å². The monoisotopic (exact) mass is 464 g/mol. The molecule has 3 N–H and O–H groups in total. The number of hydrogen-bond acceptors (Lipinski definition) is 3. The van der Waals surface area contributed by atoms with Crippen LogP contribution in [0.15, 0.2) is 42.5 Å². The summed E-state index contributed by atoms with van der Waals surface area (Å²) in [4.78, 5) is 38.9. The Balaban J connectivity index is 2.10. The van der Waals surface area contributed by atoms with Crippen molar-refractivity contribution in [2.75, 3.05) is 23.7 Å². The molecule has 0 bridgehead atoms. The van der Waals surface area contributed by atoms with E-state index in [9.17, 15) is 14.4 Å². The molecule has 7 nitrogen and oxygen atoms in total. The third-order valence-corrected chi connectivity index (χ3v) is 4.67. The summed E-state index contributed by atoms with van der Waals surface area (Å²) in [6.07, 6.45) is 0.672. The molecule has 0 aliphatic carbocycles. The Morgan fingerprint density at radius 2 is 1.77 bits per heavy atom. The number of nitrogens with one attached hydrogen (secondary N) is 3. The highest BCUT2D eigenvalue weighted by molar-refractivity contribution is 6.35. The van der Waals surface area contributed by atoms with E-state index in [0.29, 0.717) is 39.9 Å². The van der Waals surface area contributed by atoms with Crippen LogP contribution in [0.2, 0.25) is 10.0 Å². The summed E-state index contributed by atoms with van der Waals surface area (Å²) in [5, 5.41) is 8.90. The lowest BCUT2D eigenvalue weighted by Gasteiger charge is -2.22. The Morgan fingerprint density at radius 1 is 1.03 bits per heavy atom. The molecule has 4 amide bonds. The topological polar surface area (TPSA) is 90.5 Å². The molecule has 0 unspecified atom stereocenters. The number of rotatable bonds is 8. The Morgan fingerprint density at radius 3 is 2.45 bits per heavy atom. The maximum absolute atomic E-state index is 13.0. The lowest BCUT2D eigenvalue weighted by molar-refractivity contribution is -0.116. The Labute approximate surface area is 192 Å². The van der Waals surface area contributed by atoms with Gasteiger partial charge in [-0.2, -0.15) is 0 Å². The van der Waals surface area contributed by atoms with Gasteiger partial charge < -0.3 is 20.9 Å². The van der Waals surface area contributed by atoms with Gasteiger partial charge in [-0.3, -0.25) is 9.59 Å². The van der Waals surface area contributed by atoms with E-state index in [0.717, 1.165) is 0 Å². The van der Waals surface area contributed by atoms with E-state index in [1.807, 2.05) is 20.8 Å². The SMILES string of the molecule is CCCN(CC(=O)Nc1cc(Cl)ccc1Cl)C(=O)c1cccc(NC(=O)NC(C)C)c1. The molecule has 0 saturated heterocycles. The van der Waals surface area contributed by atoms with Gasteiger partial charge in [-0.1, -0.05) is 36.2 Å². The first kappa shape index (κ1) is 24.5. The molecule has 2 aromatic rings. The quantitative estimate of drug-likeness (QED) is 0.512. The standard InChI is InChI=1S/C22H26Cl2N4O3/c1-4-10-28(13-20(29)27-19-12-16(23)8-9-18(19)24)21(30)15-6-5-7-17(11-15)26-22(31)25-14(2)3/h5-9,11-12,14H,4,10,13H2,1-3H3,(H,27,29)(H2,25,26,31). The number of carbonyl (C=O) groups is 3. The van der Waals surface area contributed by atoms with Gasteiger partial charge in [0.05, 0.1) is 10.7 Å². The predicted octanol–water partition coefficient (Wildman–Crippen LogP) is 5.01. The number of carbonyl (C=O) groups excluding carboxylic acids is 3.